The Labute approximate surface area is 160 Å². The largest absolute Gasteiger partial charge is 0.459 e. The number of carbonyl (C=O) groups excluding carboxylic acids is 2. The van der Waals surface area contributed by atoms with E-state index in [2.05, 4.69) is 18.7 Å². The summed E-state index contributed by atoms with van der Waals surface area (Å²) in [5.74, 6) is 0.251. The molecule has 2 amide bonds. The molecular weight excluding hydrogens is 342 g/mol. The summed E-state index contributed by atoms with van der Waals surface area (Å²) in [5, 5.41) is 0. The quantitative estimate of drug-likeness (QED) is 0.786. The van der Waals surface area contributed by atoms with Crippen molar-refractivity contribution >= 4 is 11.8 Å². The summed E-state index contributed by atoms with van der Waals surface area (Å²) in [6.07, 6.45) is 1.50. The van der Waals surface area contributed by atoms with Gasteiger partial charge in [-0.15, -0.1) is 0 Å². The normalized spacial score (nSPS) is 14.6. The number of rotatable bonds is 6. The first kappa shape index (κ1) is 19.2. The van der Waals surface area contributed by atoms with Crippen LogP contribution in [-0.2, 0) is 6.54 Å². The number of hydrogen-bond donors (Lipinski definition) is 0. The van der Waals surface area contributed by atoms with Crippen molar-refractivity contribution in [3.8, 4) is 0 Å². The number of hydrogen-bond acceptors (Lipinski definition) is 4. The smallest absolute Gasteiger partial charge is 0.289 e. The lowest BCUT2D eigenvalue weighted by molar-refractivity contribution is 0.0518. The molecule has 0 N–H and O–H groups in total. The minimum atomic E-state index is -0.118. The SMILES string of the molecule is CCN(CC)Cc1ccc(C(=O)N2CCN(C(=O)c3ccco3)CC2)cc1. The average molecular weight is 369 g/mol. The molecule has 0 saturated carbocycles. The van der Waals surface area contributed by atoms with Crippen molar-refractivity contribution in [3.05, 3.63) is 59.5 Å². The first-order chi connectivity index (χ1) is 13.1. The monoisotopic (exact) mass is 369 g/mol. The summed E-state index contributed by atoms with van der Waals surface area (Å²) in [6, 6.07) is 11.2. The lowest BCUT2D eigenvalue weighted by atomic mass is 10.1. The van der Waals surface area contributed by atoms with E-state index < -0.39 is 0 Å². The van der Waals surface area contributed by atoms with Crippen molar-refractivity contribution in [1.82, 2.24) is 14.7 Å². The molecule has 2 heterocycles. The molecule has 0 unspecified atom stereocenters. The predicted octanol–water partition coefficient (Wildman–Crippen LogP) is 2.72. The van der Waals surface area contributed by atoms with Crippen LogP contribution in [0.15, 0.2) is 47.1 Å². The Kier molecular flexibility index (Phi) is 6.29. The van der Waals surface area contributed by atoms with Crippen LogP contribution in [0.4, 0.5) is 0 Å². The molecule has 0 atom stereocenters. The van der Waals surface area contributed by atoms with E-state index in [1.54, 1.807) is 17.0 Å². The van der Waals surface area contributed by atoms with E-state index in [-0.39, 0.29) is 11.8 Å². The number of amides is 2. The highest BCUT2D eigenvalue weighted by Crippen LogP contribution is 2.14. The zero-order valence-electron chi connectivity index (χ0n) is 16.1. The molecule has 1 aliphatic rings. The van der Waals surface area contributed by atoms with Gasteiger partial charge < -0.3 is 14.2 Å². The van der Waals surface area contributed by atoms with Gasteiger partial charge in [0.1, 0.15) is 0 Å². The fraction of sp³-hybridized carbons (Fsp3) is 0.429. The standard InChI is InChI=1S/C21H27N3O3/c1-3-22(4-2)16-17-7-9-18(10-8-17)20(25)23-11-13-24(14-12-23)21(26)19-6-5-15-27-19/h5-10,15H,3-4,11-14,16H2,1-2H3. The van der Waals surface area contributed by atoms with Gasteiger partial charge in [-0.2, -0.15) is 0 Å². The molecule has 6 nitrogen and oxygen atoms in total. The van der Waals surface area contributed by atoms with E-state index in [0.717, 1.165) is 19.6 Å². The van der Waals surface area contributed by atoms with Gasteiger partial charge >= 0.3 is 0 Å². The lowest BCUT2D eigenvalue weighted by Gasteiger charge is -2.34. The number of carbonyl (C=O) groups is 2. The summed E-state index contributed by atoms with van der Waals surface area (Å²) in [5.41, 5.74) is 1.91. The molecule has 2 aromatic rings. The van der Waals surface area contributed by atoms with Gasteiger partial charge in [-0.25, -0.2) is 0 Å². The van der Waals surface area contributed by atoms with Crippen LogP contribution < -0.4 is 0 Å². The van der Waals surface area contributed by atoms with Gasteiger partial charge in [0.05, 0.1) is 6.26 Å². The second-order valence-electron chi connectivity index (χ2n) is 6.72. The molecule has 0 bridgehead atoms. The molecule has 6 heteroatoms. The maximum Gasteiger partial charge on any atom is 0.289 e. The summed E-state index contributed by atoms with van der Waals surface area (Å²) < 4.78 is 5.17. The van der Waals surface area contributed by atoms with E-state index in [1.165, 1.54) is 11.8 Å². The van der Waals surface area contributed by atoms with E-state index in [0.29, 0.717) is 37.5 Å². The van der Waals surface area contributed by atoms with Crippen LogP contribution >= 0.6 is 0 Å². The van der Waals surface area contributed by atoms with Gasteiger partial charge in [-0.05, 0) is 42.9 Å². The van der Waals surface area contributed by atoms with Crippen molar-refractivity contribution in [2.24, 2.45) is 0 Å². The van der Waals surface area contributed by atoms with Crippen LogP contribution in [-0.4, -0.2) is 65.8 Å². The third-order valence-corrected chi connectivity index (χ3v) is 5.09. The van der Waals surface area contributed by atoms with Crippen molar-refractivity contribution in [1.29, 1.82) is 0 Å². The van der Waals surface area contributed by atoms with Crippen molar-refractivity contribution in [3.63, 3.8) is 0 Å². The fourth-order valence-electron chi connectivity index (χ4n) is 3.31. The Morgan fingerprint density at radius 3 is 2.04 bits per heavy atom. The van der Waals surface area contributed by atoms with Gasteiger partial charge in [0.15, 0.2) is 5.76 Å². The van der Waals surface area contributed by atoms with E-state index in [9.17, 15) is 9.59 Å². The molecule has 1 aromatic heterocycles. The van der Waals surface area contributed by atoms with E-state index in [1.807, 2.05) is 29.2 Å². The minimum absolute atomic E-state index is 0.0227. The highest BCUT2D eigenvalue weighted by Gasteiger charge is 2.26. The Hall–Kier alpha value is -2.60. The molecular formula is C21H27N3O3. The van der Waals surface area contributed by atoms with Crippen molar-refractivity contribution < 1.29 is 14.0 Å². The molecule has 0 aliphatic carbocycles. The Morgan fingerprint density at radius 2 is 1.52 bits per heavy atom. The molecule has 3 rings (SSSR count). The highest BCUT2D eigenvalue weighted by molar-refractivity contribution is 5.95. The zero-order chi connectivity index (χ0) is 19.2. The van der Waals surface area contributed by atoms with Gasteiger partial charge in [0, 0.05) is 38.3 Å². The Morgan fingerprint density at radius 1 is 0.926 bits per heavy atom. The molecule has 27 heavy (non-hydrogen) atoms. The average Bonchev–Trinajstić information content (AvgIpc) is 3.26. The maximum atomic E-state index is 12.7. The zero-order valence-corrected chi connectivity index (χ0v) is 16.1. The van der Waals surface area contributed by atoms with Gasteiger partial charge in [0.2, 0.25) is 0 Å². The van der Waals surface area contributed by atoms with Crippen LogP contribution in [0.3, 0.4) is 0 Å². The first-order valence-electron chi connectivity index (χ1n) is 9.55. The van der Waals surface area contributed by atoms with Gasteiger partial charge in [-0.1, -0.05) is 26.0 Å². The summed E-state index contributed by atoms with van der Waals surface area (Å²) >= 11 is 0. The van der Waals surface area contributed by atoms with E-state index in [4.69, 9.17) is 4.42 Å². The lowest BCUT2D eigenvalue weighted by Crippen LogP contribution is -2.50. The molecule has 1 fully saturated rings. The summed E-state index contributed by atoms with van der Waals surface area (Å²) in [7, 11) is 0. The second-order valence-corrected chi connectivity index (χ2v) is 6.72. The van der Waals surface area contributed by atoms with Crippen LogP contribution in [0.25, 0.3) is 0 Å². The number of nitrogens with zero attached hydrogens (tertiary/aromatic N) is 3. The molecule has 1 saturated heterocycles. The Bertz CT molecular complexity index is 743. The van der Waals surface area contributed by atoms with Crippen LogP contribution in [0.5, 0.6) is 0 Å². The van der Waals surface area contributed by atoms with E-state index >= 15 is 0 Å². The third kappa shape index (κ3) is 4.57. The number of furan rings is 1. The molecule has 0 spiro atoms. The van der Waals surface area contributed by atoms with Gasteiger partial charge in [-0.3, -0.25) is 14.5 Å². The molecule has 1 aliphatic heterocycles. The molecule has 1 aromatic carbocycles. The summed E-state index contributed by atoms with van der Waals surface area (Å²) in [4.78, 5) is 30.9. The fourth-order valence-corrected chi connectivity index (χ4v) is 3.31. The highest BCUT2D eigenvalue weighted by atomic mass is 16.3. The number of piperazine rings is 1. The number of benzene rings is 1. The topological polar surface area (TPSA) is 57.0 Å². The van der Waals surface area contributed by atoms with Crippen molar-refractivity contribution in [2.45, 2.75) is 20.4 Å². The minimum Gasteiger partial charge on any atom is -0.459 e. The summed E-state index contributed by atoms with van der Waals surface area (Å²) in [6.45, 7) is 9.33. The van der Waals surface area contributed by atoms with Crippen molar-refractivity contribution in [2.75, 3.05) is 39.3 Å². The molecule has 144 valence electrons. The third-order valence-electron chi connectivity index (χ3n) is 5.09. The predicted molar refractivity (Wildman–Crippen MR) is 104 cm³/mol. The second kappa shape index (κ2) is 8.86. The first-order valence-corrected chi connectivity index (χ1v) is 9.55. The van der Waals surface area contributed by atoms with Crippen LogP contribution in [0.1, 0.15) is 40.3 Å². The maximum absolute atomic E-state index is 12.7. The van der Waals surface area contributed by atoms with Crippen LogP contribution in [0, 0.1) is 0 Å². The van der Waals surface area contributed by atoms with Gasteiger partial charge in [0.25, 0.3) is 11.8 Å². The molecule has 0 radical (unpaired) electrons. The van der Waals surface area contributed by atoms with Crippen LogP contribution in [0.2, 0.25) is 0 Å². The Balaban J connectivity index is 1.55.